The highest BCUT2D eigenvalue weighted by Crippen LogP contribution is 2.58. The number of nitrogens with zero attached hydrogens (tertiary/aromatic N) is 2. The van der Waals surface area contributed by atoms with Gasteiger partial charge in [0.15, 0.2) is 0 Å². The number of hydrogen-bond donors (Lipinski definition) is 0. The Morgan fingerprint density at radius 3 is 1.78 bits per heavy atom. The Morgan fingerprint density at radius 2 is 1.08 bits per heavy atom. The molecule has 0 spiro atoms. The molecule has 5 aliphatic rings. The summed E-state index contributed by atoms with van der Waals surface area (Å²) in [5.41, 5.74) is 25.5. The zero-order valence-electron chi connectivity index (χ0n) is 46.7. The SMILES string of the molecule is CC(C)(C)c1ccc(N2B3c4cc5c(cc4-n4c6cc7c(cc6c6c8c(sc9ccccc98)c(c3c64)-c3cc4sc6cc8c(cc6c4cc32)C(C)(C)CCC8(C)C)C(C)(C)CCC7(C)C)-c2ccccc2C5(C)C)cc1. The number of rotatable bonds is 1. The van der Waals surface area contributed by atoms with Crippen LogP contribution in [-0.2, 0) is 32.5 Å². The minimum Gasteiger partial charge on any atom is -0.376 e. The van der Waals surface area contributed by atoms with Crippen LogP contribution >= 0.6 is 22.7 Å². The van der Waals surface area contributed by atoms with E-state index >= 15 is 0 Å². The van der Waals surface area contributed by atoms with Gasteiger partial charge in [-0.05, 0) is 174 Å². The summed E-state index contributed by atoms with van der Waals surface area (Å²) in [4.78, 5) is 2.82. The maximum Gasteiger partial charge on any atom is 0.333 e. The summed E-state index contributed by atoms with van der Waals surface area (Å²) in [5.74, 6) is 0. The Balaban J connectivity index is 1.13. The molecule has 11 aromatic rings. The van der Waals surface area contributed by atoms with Crippen LogP contribution in [0.15, 0.2) is 121 Å². The van der Waals surface area contributed by atoms with E-state index in [1.807, 2.05) is 22.7 Å². The van der Waals surface area contributed by atoms with Gasteiger partial charge in [0.05, 0.1) is 11.0 Å². The van der Waals surface area contributed by atoms with E-state index in [1.54, 1.807) is 0 Å². The summed E-state index contributed by atoms with van der Waals surface area (Å²) >= 11 is 4.03. The summed E-state index contributed by atoms with van der Waals surface area (Å²) < 4.78 is 8.36. The summed E-state index contributed by atoms with van der Waals surface area (Å²) in [6.07, 6.45) is 4.77. The highest BCUT2D eigenvalue weighted by Gasteiger charge is 2.49. The zero-order chi connectivity index (χ0) is 52.3. The Bertz CT molecular complexity index is 4480. The van der Waals surface area contributed by atoms with Crippen LogP contribution in [0.4, 0.5) is 11.4 Å². The van der Waals surface area contributed by atoms with Crippen LogP contribution in [0.1, 0.15) is 155 Å². The molecule has 5 heteroatoms. The first kappa shape index (κ1) is 46.0. The molecule has 0 radical (unpaired) electrons. The number of anilines is 2. The monoisotopic (exact) mass is 1020 g/mol. The topological polar surface area (TPSA) is 8.17 Å². The minimum absolute atomic E-state index is 0.0228. The first-order valence-electron chi connectivity index (χ1n) is 28.3. The molecule has 2 aliphatic heterocycles. The number of benzene rings is 8. The van der Waals surface area contributed by atoms with E-state index in [1.165, 1.54) is 177 Å². The smallest absolute Gasteiger partial charge is 0.333 e. The molecular formula is C71H67BN2S2. The Morgan fingerprint density at radius 1 is 0.474 bits per heavy atom. The molecule has 3 aliphatic carbocycles. The van der Waals surface area contributed by atoms with Crippen molar-refractivity contribution >= 4 is 114 Å². The van der Waals surface area contributed by atoms with Gasteiger partial charge < -0.3 is 9.38 Å². The van der Waals surface area contributed by atoms with Crippen LogP contribution < -0.4 is 15.7 Å². The summed E-state index contributed by atoms with van der Waals surface area (Å²) in [6, 6.07) is 49.6. The molecular weight excluding hydrogens is 956 g/mol. The fraction of sp³-hybridized carbons (Fsp3) is 0.324. The van der Waals surface area contributed by atoms with E-state index in [0.29, 0.717) is 0 Å². The van der Waals surface area contributed by atoms with Crippen LogP contribution in [0.25, 0.3) is 90.1 Å². The van der Waals surface area contributed by atoms with Crippen molar-refractivity contribution in [1.82, 2.24) is 4.57 Å². The number of fused-ring (bicyclic) bond motifs is 21. The van der Waals surface area contributed by atoms with Crippen LogP contribution in [0.3, 0.4) is 0 Å². The molecule has 8 aromatic carbocycles. The third-order valence-electron chi connectivity index (χ3n) is 20.4. The van der Waals surface area contributed by atoms with E-state index < -0.39 is 0 Å². The van der Waals surface area contributed by atoms with Gasteiger partial charge >= 0.3 is 6.85 Å². The molecule has 0 amide bonds. The van der Waals surface area contributed by atoms with Crippen molar-refractivity contribution in [3.63, 3.8) is 0 Å². The van der Waals surface area contributed by atoms with Gasteiger partial charge in [0.1, 0.15) is 0 Å². The lowest BCUT2D eigenvalue weighted by atomic mass is 9.43. The van der Waals surface area contributed by atoms with Gasteiger partial charge in [0.2, 0.25) is 0 Å². The summed E-state index contributed by atoms with van der Waals surface area (Å²) in [6.45, 7) is 31.8. The van der Waals surface area contributed by atoms with Crippen molar-refractivity contribution in [1.29, 1.82) is 0 Å². The van der Waals surface area contributed by atoms with Gasteiger partial charge in [0, 0.05) is 84.7 Å². The average molecular weight is 1020 g/mol. The van der Waals surface area contributed by atoms with Gasteiger partial charge in [-0.25, -0.2) is 0 Å². The zero-order valence-corrected chi connectivity index (χ0v) is 48.3. The van der Waals surface area contributed by atoms with E-state index in [-0.39, 0.29) is 39.3 Å². The highest BCUT2D eigenvalue weighted by molar-refractivity contribution is 7.27. The van der Waals surface area contributed by atoms with Crippen LogP contribution in [0.5, 0.6) is 0 Å². The van der Waals surface area contributed by atoms with Crippen molar-refractivity contribution < 1.29 is 0 Å². The molecule has 16 rings (SSSR count). The van der Waals surface area contributed by atoms with Crippen molar-refractivity contribution in [3.05, 3.63) is 160 Å². The number of aromatic nitrogens is 1. The second-order valence-electron chi connectivity index (χ2n) is 28.2. The van der Waals surface area contributed by atoms with Crippen LogP contribution in [-0.4, -0.2) is 11.4 Å². The van der Waals surface area contributed by atoms with Crippen molar-refractivity contribution in [2.24, 2.45) is 0 Å². The van der Waals surface area contributed by atoms with Gasteiger partial charge in [-0.2, -0.15) is 0 Å². The summed E-state index contributed by atoms with van der Waals surface area (Å²) in [5, 5.41) is 8.38. The van der Waals surface area contributed by atoms with Crippen molar-refractivity contribution in [2.45, 2.75) is 148 Å². The van der Waals surface area contributed by atoms with E-state index in [0.717, 1.165) is 0 Å². The molecule has 0 N–H and O–H groups in total. The number of thiophene rings is 2. The minimum atomic E-state index is -0.169. The van der Waals surface area contributed by atoms with Crippen molar-refractivity contribution in [3.8, 4) is 27.9 Å². The largest absolute Gasteiger partial charge is 0.376 e. The summed E-state index contributed by atoms with van der Waals surface area (Å²) in [7, 11) is 0. The first-order valence-corrected chi connectivity index (χ1v) is 29.9. The fourth-order valence-electron chi connectivity index (χ4n) is 15.8. The molecule has 0 saturated heterocycles. The normalized spacial score (nSPS) is 18.9. The quantitative estimate of drug-likeness (QED) is 0.149. The Kier molecular flexibility index (Phi) is 8.66. The molecule has 5 heterocycles. The number of hydrogen-bond acceptors (Lipinski definition) is 3. The van der Waals surface area contributed by atoms with E-state index in [9.17, 15) is 0 Å². The van der Waals surface area contributed by atoms with Gasteiger partial charge in [-0.3, -0.25) is 0 Å². The second-order valence-corrected chi connectivity index (χ2v) is 30.3. The average Bonchev–Trinajstić information content (AvgIpc) is 4.25. The van der Waals surface area contributed by atoms with Gasteiger partial charge in [-0.15, -0.1) is 22.7 Å². The maximum atomic E-state index is 2.82. The Labute approximate surface area is 456 Å². The molecule has 3 aromatic heterocycles. The molecule has 0 atom stereocenters. The lowest BCUT2D eigenvalue weighted by Crippen LogP contribution is -2.60. The van der Waals surface area contributed by atoms with Crippen LogP contribution in [0.2, 0.25) is 0 Å². The first-order chi connectivity index (χ1) is 36.0. The molecule has 0 unspecified atom stereocenters. The van der Waals surface area contributed by atoms with Gasteiger partial charge in [0.25, 0.3) is 0 Å². The van der Waals surface area contributed by atoms with Crippen LogP contribution in [0, 0.1) is 0 Å². The molecule has 0 fully saturated rings. The standard InChI is InChI=1S/C71H67BN2S2/c1-66(2,3)38-22-24-39(25-23-38)74-55-33-44-43-30-49-52(70(10,11)29-27-67(49,4)5)37-59(43)75-58(44)34-46(55)62-63-64-60(61-41-19-15-17-21-57(41)76-65(61)62)45-31-50-51(69(8,9)28-26-68(50,6)7)36-54(45)73(64)56-32-42-40-18-14-16-20-47(40)71(12,13)48(42)35-53(56)72(63)74/h14-25,30-37H,26-29H2,1-13H3. The fourth-order valence-corrected chi connectivity index (χ4v) is 18.2. The molecule has 2 nitrogen and oxygen atoms in total. The molecule has 0 saturated carbocycles. The predicted molar refractivity (Wildman–Crippen MR) is 332 cm³/mol. The lowest BCUT2D eigenvalue weighted by molar-refractivity contribution is 0.332. The lowest BCUT2D eigenvalue weighted by Gasteiger charge is -2.43. The maximum absolute atomic E-state index is 2.82. The third-order valence-corrected chi connectivity index (χ3v) is 22.7. The predicted octanol–water partition coefficient (Wildman–Crippen LogP) is 19.1. The Hall–Kier alpha value is -6.14. The molecule has 376 valence electrons. The van der Waals surface area contributed by atoms with E-state index in [2.05, 4.69) is 221 Å². The highest BCUT2D eigenvalue weighted by atomic mass is 32.1. The second kappa shape index (κ2) is 14.3. The molecule has 0 bridgehead atoms. The third kappa shape index (κ3) is 5.74. The van der Waals surface area contributed by atoms with Crippen molar-refractivity contribution in [2.75, 3.05) is 4.81 Å². The molecule has 76 heavy (non-hydrogen) atoms. The van der Waals surface area contributed by atoms with E-state index in [4.69, 9.17) is 0 Å². The van der Waals surface area contributed by atoms with Gasteiger partial charge in [-0.1, -0.05) is 151 Å².